The molecule has 0 saturated heterocycles. The van der Waals surface area contributed by atoms with Crippen molar-refractivity contribution in [2.24, 2.45) is 5.92 Å². The summed E-state index contributed by atoms with van der Waals surface area (Å²) in [6.07, 6.45) is 8.61. The van der Waals surface area contributed by atoms with Crippen molar-refractivity contribution in [2.75, 3.05) is 4.90 Å². The molecule has 2 aromatic rings. The van der Waals surface area contributed by atoms with Crippen LogP contribution < -0.4 is 4.90 Å². The van der Waals surface area contributed by atoms with E-state index in [4.69, 9.17) is 4.74 Å². The van der Waals surface area contributed by atoms with E-state index in [1.807, 2.05) is 74.2 Å². The van der Waals surface area contributed by atoms with Gasteiger partial charge in [0.05, 0.1) is 6.54 Å². The number of hydrogen-bond donors (Lipinski definition) is 0. The van der Waals surface area contributed by atoms with Gasteiger partial charge >= 0.3 is 5.97 Å². The highest BCUT2D eigenvalue weighted by molar-refractivity contribution is 9.10. The Bertz CT molecular complexity index is 954. The number of carbonyl (C=O) groups is 2. The van der Waals surface area contributed by atoms with Crippen LogP contribution >= 0.6 is 15.9 Å². The summed E-state index contributed by atoms with van der Waals surface area (Å²) < 4.78 is 6.26. The molecule has 0 unspecified atom stereocenters. The van der Waals surface area contributed by atoms with Gasteiger partial charge < -0.3 is 9.64 Å². The maximum absolute atomic E-state index is 13.4. The third-order valence-corrected chi connectivity index (χ3v) is 5.97. The molecule has 5 heteroatoms. The number of rotatable bonds is 6. The average molecular weight is 498 g/mol. The lowest BCUT2D eigenvalue weighted by Crippen LogP contribution is -2.36. The van der Waals surface area contributed by atoms with Crippen molar-refractivity contribution in [3.05, 3.63) is 70.2 Å². The van der Waals surface area contributed by atoms with Crippen LogP contribution in [0.15, 0.2) is 59.1 Å². The van der Waals surface area contributed by atoms with Crippen molar-refractivity contribution in [1.82, 2.24) is 0 Å². The smallest absolute Gasteiger partial charge is 0.331 e. The van der Waals surface area contributed by atoms with E-state index in [9.17, 15) is 9.59 Å². The molecule has 1 saturated carbocycles. The number of amides is 1. The van der Waals surface area contributed by atoms with Crippen molar-refractivity contribution in [2.45, 2.75) is 65.0 Å². The molecule has 0 N–H and O–H groups in total. The molecule has 0 aliphatic heterocycles. The van der Waals surface area contributed by atoms with Gasteiger partial charge in [0.15, 0.2) is 0 Å². The minimum Gasteiger partial charge on any atom is -0.457 e. The second kappa shape index (κ2) is 11.0. The third kappa shape index (κ3) is 7.33. The van der Waals surface area contributed by atoms with Crippen LogP contribution in [0.1, 0.15) is 64.0 Å². The second-order valence-electron chi connectivity index (χ2n) is 9.35. The first-order chi connectivity index (χ1) is 15.2. The Morgan fingerprint density at radius 3 is 2.38 bits per heavy atom. The van der Waals surface area contributed by atoms with Gasteiger partial charge in [-0.05, 0) is 69.0 Å². The number of ether oxygens (including phenoxy) is 1. The minimum atomic E-state index is -0.508. The summed E-state index contributed by atoms with van der Waals surface area (Å²) in [5.74, 6) is -0.0593. The number of benzene rings is 2. The van der Waals surface area contributed by atoms with Crippen molar-refractivity contribution in [1.29, 1.82) is 0 Å². The lowest BCUT2D eigenvalue weighted by atomic mass is 9.88. The van der Waals surface area contributed by atoms with Gasteiger partial charge in [-0.25, -0.2) is 4.79 Å². The molecular formula is C27H32BrNO3. The molecular weight excluding hydrogens is 466 g/mol. The van der Waals surface area contributed by atoms with Crippen molar-refractivity contribution < 1.29 is 14.3 Å². The van der Waals surface area contributed by atoms with Crippen LogP contribution in [-0.2, 0) is 20.9 Å². The number of nitrogens with zero attached hydrogens (tertiary/aromatic N) is 1. The molecule has 1 aliphatic rings. The number of hydrogen-bond acceptors (Lipinski definition) is 3. The van der Waals surface area contributed by atoms with E-state index in [0.29, 0.717) is 6.54 Å². The van der Waals surface area contributed by atoms with E-state index >= 15 is 0 Å². The Kier molecular flexibility index (Phi) is 8.30. The zero-order chi connectivity index (χ0) is 23.1. The van der Waals surface area contributed by atoms with E-state index in [1.165, 1.54) is 12.5 Å². The highest BCUT2D eigenvalue weighted by Crippen LogP contribution is 2.30. The van der Waals surface area contributed by atoms with E-state index in [0.717, 1.165) is 47.0 Å². The predicted molar refractivity (Wildman–Crippen MR) is 133 cm³/mol. The fourth-order valence-electron chi connectivity index (χ4n) is 3.93. The fraction of sp³-hybridized carbons (Fsp3) is 0.407. The SMILES string of the molecule is CC(C)(C)OC(=O)/C=C/c1ccc(CN(C(=O)C2CCCCC2)c2cccc(Br)c2)cc1. The van der Waals surface area contributed by atoms with Gasteiger partial charge in [0, 0.05) is 22.2 Å². The molecule has 2 aromatic carbocycles. The second-order valence-corrected chi connectivity index (χ2v) is 10.3. The summed E-state index contributed by atoms with van der Waals surface area (Å²) in [7, 11) is 0. The van der Waals surface area contributed by atoms with Crippen LogP contribution in [0.25, 0.3) is 6.08 Å². The van der Waals surface area contributed by atoms with Gasteiger partial charge in [0.25, 0.3) is 0 Å². The summed E-state index contributed by atoms with van der Waals surface area (Å²) in [6.45, 7) is 6.05. The average Bonchev–Trinajstić information content (AvgIpc) is 2.76. The molecule has 0 atom stereocenters. The zero-order valence-corrected chi connectivity index (χ0v) is 20.7. The van der Waals surface area contributed by atoms with Gasteiger partial charge in [0.1, 0.15) is 5.60 Å². The summed E-state index contributed by atoms with van der Waals surface area (Å²) in [6, 6.07) is 15.9. The summed E-state index contributed by atoms with van der Waals surface area (Å²) >= 11 is 3.53. The zero-order valence-electron chi connectivity index (χ0n) is 19.1. The topological polar surface area (TPSA) is 46.6 Å². The quantitative estimate of drug-likeness (QED) is 0.321. The number of esters is 1. The van der Waals surface area contributed by atoms with Crippen molar-refractivity contribution in [3.8, 4) is 0 Å². The molecule has 3 rings (SSSR count). The van der Waals surface area contributed by atoms with E-state index in [-0.39, 0.29) is 17.8 Å². The summed E-state index contributed by atoms with van der Waals surface area (Å²) in [4.78, 5) is 27.2. The molecule has 0 bridgehead atoms. The molecule has 0 heterocycles. The van der Waals surface area contributed by atoms with E-state index in [1.54, 1.807) is 6.08 Å². The third-order valence-electron chi connectivity index (χ3n) is 5.48. The molecule has 0 aromatic heterocycles. The lowest BCUT2D eigenvalue weighted by Gasteiger charge is -2.30. The Morgan fingerprint density at radius 1 is 1.06 bits per heavy atom. The maximum Gasteiger partial charge on any atom is 0.331 e. The molecule has 1 amide bonds. The fourth-order valence-corrected chi connectivity index (χ4v) is 4.31. The summed E-state index contributed by atoms with van der Waals surface area (Å²) in [5, 5.41) is 0. The van der Waals surface area contributed by atoms with Crippen LogP contribution in [0, 0.1) is 5.92 Å². The first-order valence-corrected chi connectivity index (χ1v) is 12.1. The molecule has 0 spiro atoms. The number of halogens is 1. The van der Waals surface area contributed by atoms with Crippen LogP contribution in [0.5, 0.6) is 0 Å². The molecule has 1 aliphatic carbocycles. The Balaban J connectivity index is 1.74. The van der Waals surface area contributed by atoms with E-state index in [2.05, 4.69) is 15.9 Å². The normalized spacial score (nSPS) is 15.0. The summed E-state index contributed by atoms with van der Waals surface area (Å²) in [5.41, 5.74) is 2.35. The van der Waals surface area contributed by atoms with Crippen molar-refractivity contribution >= 4 is 39.6 Å². The van der Waals surface area contributed by atoms with Crippen LogP contribution in [-0.4, -0.2) is 17.5 Å². The van der Waals surface area contributed by atoms with Crippen molar-refractivity contribution in [3.63, 3.8) is 0 Å². The first-order valence-electron chi connectivity index (χ1n) is 11.3. The Hall–Kier alpha value is -2.40. The standard InChI is InChI=1S/C27H32BrNO3/c1-27(2,3)32-25(30)17-16-20-12-14-21(15-13-20)19-29(24-11-7-10-23(28)18-24)26(31)22-8-5-4-6-9-22/h7,10-18,22H,4-6,8-9,19H2,1-3H3/b17-16+. The van der Waals surface area contributed by atoms with Crippen LogP contribution in [0.4, 0.5) is 5.69 Å². The largest absolute Gasteiger partial charge is 0.457 e. The first kappa shape index (κ1) is 24.2. The van der Waals surface area contributed by atoms with Gasteiger partial charge in [-0.1, -0.05) is 65.5 Å². The highest BCUT2D eigenvalue weighted by atomic mass is 79.9. The maximum atomic E-state index is 13.4. The molecule has 4 nitrogen and oxygen atoms in total. The van der Waals surface area contributed by atoms with Crippen LogP contribution in [0.2, 0.25) is 0 Å². The molecule has 1 fully saturated rings. The van der Waals surface area contributed by atoms with E-state index < -0.39 is 5.60 Å². The highest BCUT2D eigenvalue weighted by Gasteiger charge is 2.27. The van der Waals surface area contributed by atoms with Crippen LogP contribution in [0.3, 0.4) is 0 Å². The van der Waals surface area contributed by atoms with Gasteiger partial charge in [-0.2, -0.15) is 0 Å². The Labute approximate surface area is 199 Å². The molecule has 32 heavy (non-hydrogen) atoms. The minimum absolute atomic E-state index is 0.0961. The predicted octanol–water partition coefficient (Wildman–Crippen LogP) is 6.92. The molecule has 170 valence electrons. The van der Waals surface area contributed by atoms with Gasteiger partial charge in [0.2, 0.25) is 5.91 Å². The Morgan fingerprint density at radius 2 is 1.75 bits per heavy atom. The number of anilines is 1. The molecule has 0 radical (unpaired) electrons. The monoisotopic (exact) mass is 497 g/mol. The lowest BCUT2D eigenvalue weighted by molar-refractivity contribution is -0.148. The van der Waals surface area contributed by atoms with Gasteiger partial charge in [-0.15, -0.1) is 0 Å². The van der Waals surface area contributed by atoms with Gasteiger partial charge in [-0.3, -0.25) is 4.79 Å². The number of carbonyl (C=O) groups excluding carboxylic acids is 2.